The predicted octanol–water partition coefficient (Wildman–Crippen LogP) is 1.74. The molecule has 0 aromatic carbocycles. The summed E-state index contributed by atoms with van der Waals surface area (Å²) in [6.45, 7) is 3.27. The van der Waals surface area contributed by atoms with Crippen molar-refractivity contribution in [3.8, 4) is 0 Å². The van der Waals surface area contributed by atoms with Gasteiger partial charge in [-0.15, -0.1) is 0 Å². The highest BCUT2D eigenvalue weighted by Crippen LogP contribution is 2.35. The fraction of sp³-hybridized carbons (Fsp3) is 1.00. The normalized spacial score (nSPS) is 29.4. The summed E-state index contributed by atoms with van der Waals surface area (Å²) in [6, 6.07) is 0. The van der Waals surface area contributed by atoms with Gasteiger partial charge in [0.05, 0.1) is 11.4 Å². The van der Waals surface area contributed by atoms with Gasteiger partial charge in [0.15, 0.2) is 0 Å². The lowest BCUT2D eigenvalue weighted by Gasteiger charge is -2.39. The molecule has 1 saturated carbocycles. The molecule has 0 atom stereocenters. The van der Waals surface area contributed by atoms with Gasteiger partial charge in [0.2, 0.25) is 0 Å². The van der Waals surface area contributed by atoms with Crippen molar-refractivity contribution in [2.75, 3.05) is 25.2 Å². The Morgan fingerprint density at radius 2 is 1.94 bits per heavy atom. The van der Waals surface area contributed by atoms with E-state index in [1.165, 1.54) is 25.5 Å². The van der Waals surface area contributed by atoms with Crippen LogP contribution in [0.25, 0.3) is 0 Å². The lowest BCUT2D eigenvalue weighted by Crippen LogP contribution is -2.44. The summed E-state index contributed by atoms with van der Waals surface area (Å²) in [6.07, 6.45) is 7.45. The van der Waals surface area contributed by atoms with E-state index in [2.05, 4.69) is 6.92 Å². The maximum atomic E-state index is 11.0. The monoisotopic (exact) mass is 277 g/mol. The lowest BCUT2D eigenvalue weighted by atomic mass is 9.77. The molecule has 0 aromatic heterocycles. The van der Waals surface area contributed by atoms with Gasteiger partial charge < -0.3 is 10.5 Å². The molecule has 108 valence electrons. The van der Waals surface area contributed by atoms with Crippen LogP contribution in [0.15, 0.2) is 0 Å². The van der Waals surface area contributed by atoms with Gasteiger partial charge in [0.25, 0.3) is 0 Å². The molecule has 0 unspecified atom stereocenters. The number of nitrogens with two attached hydrogens (primary N) is 1. The molecule has 5 heteroatoms. The van der Waals surface area contributed by atoms with E-state index >= 15 is 0 Å². The zero-order valence-corrected chi connectivity index (χ0v) is 12.5. The highest BCUT2D eigenvalue weighted by molar-refractivity contribution is 7.90. The quantitative estimate of drug-likeness (QED) is 0.720. The molecule has 1 fully saturated rings. The third kappa shape index (κ3) is 5.24. The van der Waals surface area contributed by atoms with Gasteiger partial charge in [-0.25, -0.2) is 8.42 Å². The van der Waals surface area contributed by atoms with E-state index in [4.69, 9.17) is 10.5 Å². The molecule has 0 aromatic rings. The van der Waals surface area contributed by atoms with Crippen LogP contribution in [0.3, 0.4) is 0 Å². The van der Waals surface area contributed by atoms with Crippen LogP contribution in [0, 0.1) is 5.92 Å². The Morgan fingerprint density at radius 1 is 1.33 bits per heavy atom. The molecule has 0 heterocycles. The minimum absolute atomic E-state index is 0.191. The van der Waals surface area contributed by atoms with Crippen LogP contribution in [-0.2, 0) is 14.6 Å². The van der Waals surface area contributed by atoms with Crippen molar-refractivity contribution in [3.63, 3.8) is 0 Å². The maximum absolute atomic E-state index is 11.0. The number of ether oxygens (including phenoxy) is 1. The third-order valence-electron chi connectivity index (χ3n) is 4.03. The molecule has 0 amide bonds. The van der Waals surface area contributed by atoms with E-state index in [9.17, 15) is 8.42 Å². The van der Waals surface area contributed by atoms with Gasteiger partial charge >= 0.3 is 0 Å². The van der Waals surface area contributed by atoms with Gasteiger partial charge in [0.1, 0.15) is 9.84 Å². The molecule has 4 nitrogen and oxygen atoms in total. The lowest BCUT2D eigenvalue weighted by molar-refractivity contribution is -0.0710. The van der Waals surface area contributed by atoms with E-state index in [-0.39, 0.29) is 11.4 Å². The van der Waals surface area contributed by atoms with Crippen LogP contribution in [0.2, 0.25) is 0 Å². The second-order valence-electron chi connectivity index (χ2n) is 5.57. The average Bonchev–Trinajstić information content (AvgIpc) is 2.34. The Morgan fingerprint density at radius 3 is 2.39 bits per heavy atom. The van der Waals surface area contributed by atoms with Crippen LogP contribution in [-0.4, -0.2) is 39.2 Å². The van der Waals surface area contributed by atoms with Crippen LogP contribution < -0.4 is 5.73 Å². The predicted molar refractivity (Wildman–Crippen MR) is 74.3 cm³/mol. The molecule has 1 aliphatic rings. The molecule has 0 radical (unpaired) electrons. The highest BCUT2D eigenvalue weighted by atomic mass is 32.2. The first-order chi connectivity index (χ1) is 8.41. The van der Waals surface area contributed by atoms with Crippen molar-refractivity contribution in [1.29, 1.82) is 0 Å². The fourth-order valence-corrected chi connectivity index (χ4v) is 3.27. The Balaban J connectivity index is 2.33. The smallest absolute Gasteiger partial charge is 0.147 e. The number of rotatable bonds is 7. The second kappa shape index (κ2) is 6.87. The van der Waals surface area contributed by atoms with E-state index < -0.39 is 9.84 Å². The molecular weight excluding hydrogens is 250 g/mol. The van der Waals surface area contributed by atoms with Crippen molar-refractivity contribution in [3.05, 3.63) is 0 Å². The summed E-state index contributed by atoms with van der Waals surface area (Å²) in [7, 11) is -2.88. The van der Waals surface area contributed by atoms with Crippen LogP contribution in [0.4, 0.5) is 0 Å². The zero-order chi connectivity index (χ0) is 13.6. The molecule has 0 spiro atoms. The number of hydrogen-bond acceptors (Lipinski definition) is 4. The van der Waals surface area contributed by atoms with Crippen molar-refractivity contribution in [2.24, 2.45) is 11.7 Å². The first kappa shape index (κ1) is 15.9. The summed E-state index contributed by atoms with van der Waals surface area (Å²) in [5.74, 6) is 1.01. The maximum Gasteiger partial charge on any atom is 0.147 e. The molecular formula is C13H27NO3S. The fourth-order valence-electron chi connectivity index (χ4n) is 2.63. The topological polar surface area (TPSA) is 69.4 Å². The number of sulfone groups is 1. The summed E-state index contributed by atoms with van der Waals surface area (Å²) in [4.78, 5) is 0. The van der Waals surface area contributed by atoms with E-state index in [1.807, 2.05) is 0 Å². The van der Waals surface area contributed by atoms with Crippen LogP contribution in [0.1, 0.15) is 45.4 Å². The molecule has 18 heavy (non-hydrogen) atoms. The molecule has 0 aliphatic heterocycles. The summed E-state index contributed by atoms with van der Waals surface area (Å²) < 4.78 is 28.0. The zero-order valence-electron chi connectivity index (χ0n) is 11.7. The standard InChI is InChI=1S/C13H27NO3S/c1-3-12-5-7-13(11-14,8-6-12)17-9-4-10-18(2,15)16/h12H,3-11,14H2,1-2H3. The second-order valence-corrected chi connectivity index (χ2v) is 7.83. The van der Waals surface area contributed by atoms with E-state index in [0.29, 0.717) is 19.6 Å². The molecule has 1 rings (SSSR count). The van der Waals surface area contributed by atoms with Crippen molar-refractivity contribution in [1.82, 2.24) is 0 Å². The van der Waals surface area contributed by atoms with Crippen molar-refractivity contribution >= 4 is 9.84 Å². The Hall–Kier alpha value is -0.130. The summed E-state index contributed by atoms with van der Waals surface area (Å²) in [5, 5.41) is 0. The average molecular weight is 277 g/mol. The van der Waals surface area contributed by atoms with Gasteiger partial charge in [0, 0.05) is 19.4 Å². The van der Waals surface area contributed by atoms with Crippen molar-refractivity contribution < 1.29 is 13.2 Å². The number of hydrogen-bond donors (Lipinski definition) is 1. The van der Waals surface area contributed by atoms with Gasteiger partial charge in [-0.05, 0) is 38.0 Å². The molecule has 0 bridgehead atoms. The van der Waals surface area contributed by atoms with Gasteiger partial charge in [-0.1, -0.05) is 13.3 Å². The largest absolute Gasteiger partial charge is 0.374 e. The van der Waals surface area contributed by atoms with Crippen LogP contribution in [0.5, 0.6) is 0 Å². The first-order valence-corrected chi connectivity index (χ1v) is 8.98. The first-order valence-electron chi connectivity index (χ1n) is 6.92. The molecule has 0 saturated heterocycles. The van der Waals surface area contributed by atoms with E-state index in [0.717, 1.165) is 18.8 Å². The Labute approximate surface area is 111 Å². The minimum atomic E-state index is -2.88. The van der Waals surface area contributed by atoms with E-state index in [1.54, 1.807) is 0 Å². The van der Waals surface area contributed by atoms with Crippen LogP contribution >= 0.6 is 0 Å². The van der Waals surface area contributed by atoms with Gasteiger partial charge in [-0.3, -0.25) is 0 Å². The summed E-state index contributed by atoms with van der Waals surface area (Å²) >= 11 is 0. The molecule has 1 aliphatic carbocycles. The summed E-state index contributed by atoms with van der Waals surface area (Å²) in [5.41, 5.74) is 5.66. The Bertz CT molecular complexity index is 332. The Kier molecular flexibility index (Phi) is 6.08. The molecule has 2 N–H and O–H groups in total. The minimum Gasteiger partial charge on any atom is -0.374 e. The van der Waals surface area contributed by atoms with Gasteiger partial charge in [-0.2, -0.15) is 0 Å². The highest BCUT2D eigenvalue weighted by Gasteiger charge is 2.34. The third-order valence-corrected chi connectivity index (χ3v) is 5.06. The SMILES string of the molecule is CCC1CCC(CN)(OCCCS(C)(=O)=O)CC1. The van der Waals surface area contributed by atoms with Crippen molar-refractivity contribution in [2.45, 2.75) is 51.0 Å².